The summed E-state index contributed by atoms with van der Waals surface area (Å²) >= 11 is 0. The second kappa shape index (κ2) is 6.66. The molecule has 2 atom stereocenters. The van der Waals surface area contributed by atoms with Gasteiger partial charge in [0.25, 0.3) is 0 Å². The van der Waals surface area contributed by atoms with Crippen molar-refractivity contribution in [2.45, 2.75) is 46.3 Å². The summed E-state index contributed by atoms with van der Waals surface area (Å²) < 4.78 is 1.97. The fourth-order valence-corrected chi connectivity index (χ4v) is 1.49. The van der Waals surface area contributed by atoms with Gasteiger partial charge in [0.2, 0.25) is 0 Å². The highest BCUT2D eigenvalue weighted by Crippen LogP contribution is 2.03. The van der Waals surface area contributed by atoms with Gasteiger partial charge < -0.3 is 10.4 Å². The Kier molecular flexibility index (Phi) is 5.49. The molecule has 1 aromatic heterocycles. The first-order chi connectivity index (χ1) is 7.67. The molecule has 0 spiro atoms. The van der Waals surface area contributed by atoms with Gasteiger partial charge in [0.15, 0.2) is 0 Å². The van der Waals surface area contributed by atoms with Crippen LogP contribution in [0.1, 0.15) is 32.8 Å². The third-order valence-corrected chi connectivity index (χ3v) is 2.91. The number of aliphatic hydroxyl groups excluding tert-OH is 1. The summed E-state index contributed by atoms with van der Waals surface area (Å²) in [5, 5.41) is 16.7. The third kappa shape index (κ3) is 3.94. The summed E-state index contributed by atoms with van der Waals surface area (Å²) in [5.41, 5.74) is 1.20. The number of nitrogens with one attached hydrogen (secondary N) is 1. The van der Waals surface area contributed by atoms with Crippen LogP contribution in [0.3, 0.4) is 0 Å². The van der Waals surface area contributed by atoms with Crippen LogP contribution in [0.25, 0.3) is 0 Å². The molecule has 1 aromatic rings. The van der Waals surface area contributed by atoms with Crippen molar-refractivity contribution in [1.82, 2.24) is 15.1 Å². The van der Waals surface area contributed by atoms with Crippen LogP contribution in [-0.2, 0) is 13.1 Å². The van der Waals surface area contributed by atoms with Gasteiger partial charge in [0.05, 0.1) is 6.20 Å². The standard InChI is InChI=1S/C12H23N3O/c1-4-5-15-8-12(7-14-15)6-13-11(3)10(2)9-16/h7-8,10-11,13,16H,4-6,9H2,1-3H3. The van der Waals surface area contributed by atoms with E-state index in [-0.39, 0.29) is 12.5 Å². The van der Waals surface area contributed by atoms with Crippen molar-refractivity contribution in [3.05, 3.63) is 18.0 Å². The van der Waals surface area contributed by atoms with Gasteiger partial charge in [-0.1, -0.05) is 13.8 Å². The average Bonchev–Trinajstić information content (AvgIpc) is 2.73. The number of rotatable bonds is 7. The van der Waals surface area contributed by atoms with E-state index < -0.39 is 0 Å². The van der Waals surface area contributed by atoms with Gasteiger partial charge in [-0.15, -0.1) is 0 Å². The van der Waals surface area contributed by atoms with E-state index in [9.17, 15) is 0 Å². The van der Waals surface area contributed by atoms with Gasteiger partial charge in [-0.05, 0) is 19.3 Å². The molecule has 0 aliphatic heterocycles. The predicted molar refractivity (Wildman–Crippen MR) is 65.1 cm³/mol. The molecular formula is C12H23N3O. The SMILES string of the molecule is CCCn1cc(CNC(C)C(C)CO)cn1. The number of aliphatic hydroxyl groups is 1. The fourth-order valence-electron chi connectivity index (χ4n) is 1.49. The monoisotopic (exact) mass is 225 g/mol. The molecule has 0 fully saturated rings. The Morgan fingerprint density at radius 3 is 2.88 bits per heavy atom. The van der Waals surface area contributed by atoms with E-state index in [0.717, 1.165) is 19.5 Å². The van der Waals surface area contributed by atoms with E-state index in [4.69, 9.17) is 5.11 Å². The van der Waals surface area contributed by atoms with Crippen molar-refractivity contribution >= 4 is 0 Å². The van der Waals surface area contributed by atoms with Crippen molar-refractivity contribution in [1.29, 1.82) is 0 Å². The molecule has 0 saturated heterocycles. The predicted octanol–water partition coefficient (Wildman–Crippen LogP) is 1.40. The maximum absolute atomic E-state index is 9.02. The lowest BCUT2D eigenvalue weighted by molar-refractivity contribution is 0.207. The minimum Gasteiger partial charge on any atom is -0.396 e. The summed E-state index contributed by atoms with van der Waals surface area (Å²) in [5.74, 6) is 0.283. The zero-order valence-electron chi connectivity index (χ0n) is 10.5. The molecule has 0 radical (unpaired) electrons. The lowest BCUT2D eigenvalue weighted by Gasteiger charge is -2.18. The molecule has 0 aromatic carbocycles. The van der Waals surface area contributed by atoms with E-state index in [1.54, 1.807) is 0 Å². The van der Waals surface area contributed by atoms with Crippen LogP contribution in [0.4, 0.5) is 0 Å². The first-order valence-electron chi connectivity index (χ1n) is 6.03. The highest BCUT2D eigenvalue weighted by Gasteiger charge is 2.10. The first kappa shape index (κ1) is 13.2. The molecular weight excluding hydrogens is 202 g/mol. The number of aromatic nitrogens is 2. The Morgan fingerprint density at radius 2 is 2.25 bits per heavy atom. The van der Waals surface area contributed by atoms with Gasteiger partial charge in [0, 0.05) is 37.5 Å². The van der Waals surface area contributed by atoms with Crippen molar-refractivity contribution in [3.63, 3.8) is 0 Å². The van der Waals surface area contributed by atoms with Crippen LogP contribution >= 0.6 is 0 Å². The topological polar surface area (TPSA) is 50.1 Å². The average molecular weight is 225 g/mol. The molecule has 92 valence electrons. The molecule has 0 saturated carbocycles. The van der Waals surface area contributed by atoms with Crippen LogP contribution in [0.15, 0.2) is 12.4 Å². The Bertz CT molecular complexity index is 298. The molecule has 2 N–H and O–H groups in total. The molecule has 16 heavy (non-hydrogen) atoms. The lowest BCUT2D eigenvalue weighted by Crippen LogP contribution is -2.33. The minimum atomic E-state index is 0.225. The molecule has 0 aliphatic carbocycles. The highest BCUT2D eigenvalue weighted by atomic mass is 16.3. The van der Waals surface area contributed by atoms with E-state index in [2.05, 4.69) is 30.5 Å². The van der Waals surface area contributed by atoms with Gasteiger partial charge in [-0.25, -0.2) is 0 Å². The Labute approximate surface area is 97.7 Å². The van der Waals surface area contributed by atoms with E-state index in [1.165, 1.54) is 5.56 Å². The minimum absolute atomic E-state index is 0.225. The molecule has 0 bridgehead atoms. The highest BCUT2D eigenvalue weighted by molar-refractivity contribution is 5.03. The van der Waals surface area contributed by atoms with E-state index >= 15 is 0 Å². The van der Waals surface area contributed by atoms with Crippen LogP contribution < -0.4 is 5.32 Å². The molecule has 0 aliphatic rings. The van der Waals surface area contributed by atoms with Crippen molar-refractivity contribution in [2.24, 2.45) is 5.92 Å². The summed E-state index contributed by atoms with van der Waals surface area (Å²) in [6.07, 6.45) is 5.08. The smallest absolute Gasteiger partial charge is 0.0534 e. The Balaban J connectivity index is 2.36. The summed E-state index contributed by atoms with van der Waals surface area (Å²) in [7, 11) is 0. The summed E-state index contributed by atoms with van der Waals surface area (Å²) in [6, 6.07) is 0.319. The zero-order chi connectivity index (χ0) is 12.0. The lowest BCUT2D eigenvalue weighted by atomic mass is 10.1. The summed E-state index contributed by atoms with van der Waals surface area (Å²) in [6.45, 7) is 8.29. The molecule has 4 nitrogen and oxygen atoms in total. The van der Waals surface area contributed by atoms with Gasteiger partial charge >= 0.3 is 0 Å². The van der Waals surface area contributed by atoms with Gasteiger partial charge in [0.1, 0.15) is 0 Å². The molecule has 1 heterocycles. The van der Waals surface area contributed by atoms with Crippen LogP contribution in [0.5, 0.6) is 0 Å². The third-order valence-electron chi connectivity index (χ3n) is 2.91. The maximum atomic E-state index is 9.02. The van der Waals surface area contributed by atoms with Crippen molar-refractivity contribution in [3.8, 4) is 0 Å². The maximum Gasteiger partial charge on any atom is 0.0534 e. The number of hydrogen-bond acceptors (Lipinski definition) is 3. The van der Waals surface area contributed by atoms with Crippen LogP contribution in [-0.4, -0.2) is 27.5 Å². The first-order valence-corrected chi connectivity index (χ1v) is 6.03. The van der Waals surface area contributed by atoms with Gasteiger partial charge in [-0.3, -0.25) is 4.68 Å². The largest absolute Gasteiger partial charge is 0.396 e. The quantitative estimate of drug-likeness (QED) is 0.737. The summed E-state index contributed by atoms with van der Waals surface area (Å²) in [4.78, 5) is 0. The number of hydrogen-bond donors (Lipinski definition) is 2. The zero-order valence-corrected chi connectivity index (χ0v) is 10.5. The molecule has 1 rings (SSSR count). The van der Waals surface area contributed by atoms with Crippen LogP contribution in [0, 0.1) is 5.92 Å². The molecule has 2 unspecified atom stereocenters. The number of nitrogens with zero attached hydrogens (tertiary/aromatic N) is 2. The van der Waals surface area contributed by atoms with E-state index in [0.29, 0.717) is 6.04 Å². The Morgan fingerprint density at radius 1 is 1.50 bits per heavy atom. The normalized spacial score (nSPS) is 15.0. The van der Waals surface area contributed by atoms with E-state index in [1.807, 2.05) is 17.8 Å². The Hall–Kier alpha value is -0.870. The van der Waals surface area contributed by atoms with Gasteiger partial charge in [-0.2, -0.15) is 5.10 Å². The van der Waals surface area contributed by atoms with Crippen LogP contribution in [0.2, 0.25) is 0 Å². The molecule has 0 amide bonds. The van der Waals surface area contributed by atoms with Crippen molar-refractivity contribution in [2.75, 3.05) is 6.61 Å². The van der Waals surface area contributed by atoms with Crippen molar-refractivity contribution < 1.29 is 5.11 Å². The second-order valence-electron chi connectivity index (χ2n) is 4.44. The second-order valence-corrected chi connectivity index (χ2v) is 4.44. The number of aryl methyl sites for hydroxylation is 1. The fraction of sp³-hybridized carbons (Fsp3) is 0.750. The molecule has 4 heteroatoms.